The second kappa shape index (κ2) is 32.2. The molecular weight excluding hydrogens is 741 g/mol. The van der Waals surface area contributed by atoms with Gasteiger partial charge in [-0.3, -0.25) is 13.8 Å². The Morgan fingerprint density at radius 2 is 1.11 bits per heavy atom. The quantitative estimate of drug-likeness (QED) is 0.0162. The Morgan fingerprint density at radius 1 is 0.643 bits per heavy atom. The maximum Gasteiger partial charge on any atom is 0.472 e. The van der Waals surface area contributed by atoms with E-state index in [0.29, 0.717) is 12.8 Å². The van der Waals surface area contributed by atoms with Gasteiger partial charge in [-0.25, -0.2) is 4.57 Å². The lowest BCUT2D eigenvalue weighted by Gasteiger charge is -2.41. The summed E-state index contributed by atoms with van der Waals surface area (Å²) in [5.74, 6) is -0.613. The van der Waals surface area contributed by atoms with Gasteiger partial charge in [0.25, 0.3) is 0 Å². The first-order valence-electron chi connectivity index (χ1n) is 21.2. The lowest BCUT2D eigenvalue weighted by Crippen LogP contribution is -2.64. The zero-order chi connectivity index (χ0) is 41.6. The molecule has 14 heteroatoms. The van der Waals surface area contributed by atoms with Gasteiger partial charge in [0.2, 0.25) is 5.91 Å². The Hall–Kier alpha value is -1.74. The van der Waals surface area contributed by atoms with E-state index < -0.39 is 75.2 Å². The predicted octanol–water partition coefficient (Wildman–Crippen LogP) is 5.97. The molecule has 1 saturated carbocycles. The number of hydrogen-bond acceptors (Lipinski definition) is 11. The van der Waals surface area contributed by atoms with Crippen LogP contribution in [0.1, 0.15) is 149 Å². The van der Waals surface area contributed by atoms with Crippen LogP contribution in [0.15, 0.2) is 48.6 Å². The first-order chi connectivity index (χ1) is 26.8. The number of rotatable bonds is 33. The number of phosphoric ester groups is 1. The molecule has 9 N–H and O–H groups in total. The SMILES string of the molecule is CCCCC/C=C\C=C/CCCCCCCCCCC(O)CC(=O)NC(COP(=O)(O)OC1C(O)C(O)C(O)C(O)C1O)C(O)/C=C/CC/C=C/CCCCC. The van der Waals surface area contributed by atoms with Crippen LogP contribution in [-0.4, -0.2) is 108 Å². The minimum Gasteiger partial charge on any atom is -0.393 e. The van der Waals surface area contributed by atoms with Crippen molar-refractivity contribution in [3.63, 3.8) is 0 Å². The summed E-state index contributed by atoms with van der Waals surface area (Å²) < 4.78 is 22.7. The Kier molecular flexibility index (Phi) is 30.0. The average Bonchev–Trinajstić information content (AvgIpc) is 3.17. The van der Waals surface area contributed by atoms with Crippen molar-refractivity contribution >= 4 is 13.7 Å². The zero-order valence-electron chi connectivity index (χ0n) is 34.0. The van der Waals surface area contributed by atoms with Gasteiger partial charge in [0.15, 0.2) is 0 Å². The van der Waals surface area contributed by atoms with E-state index in [0.717, 1.165) is 64.2 Å². The molecule has 1 fully saturated rings. The highest BCUT2D eigenvalue weighted by Crippen LogP contribution is 2.47. The Balaban J connectivity index is 2.55. The average molecular weight is 818 g/mol. The highest BCUT2D eigenvalue weighted by molar-refractivity contribution is 7.47. The molecule has 0 aromatic carbocycles. The molecule has 0 aliphatic heterocycles. The van der Waals surface area contributed by atoms with E-state index in [2.05, 4.69) is 49.5 Å². The van der Waals surface area contributed by atoms with Crippen molar-refractivity contribution in [2.75, 3.05) is 6.61 Å². The summed E-state index contributed by atoms with van der Waals surface area (Å²) in [6.45, 7) is 3.60. The van der Waals surface area contributed by atoms with Crippen LogP contribution in [0.5, 0.6) is 0 Å². The number of carbonyl (C=O) groups is 1. The summed E-state index contributed by atoms with van der Waals surface area (Å²) in [7, 11) is -5.14. The van der Waals surface area contributed by atoms with Gasteiger partial charge in [-0.2, -0.15) is 0 Å². The number of allylic oxidation sites excluding steroid dienone is 7. The summed E-state index contributed by atoms with van der Waals surface area (Å²) >= 11 is 0. The number of phosphoric acid groups is 1. The van der Waals surface area contributed by atoms with Gasteiger partial charge in [0.1, 0.15) is 36.6 Å². The second-order valence-electron chi connectivity index (χ2n) is 15.0. The summed E-state index contributed by atoms with van der Waals surface area (Å²) in [6.07, 6.45) is 22.3. The minimum atomic E-state index is -5.14. The van der Waals surface area contributed by atoms with E-state index in [4.69, 9.17) is 9.05 Å². The van der Waals surface area contributed by atoms with E-state index in [1.54, 1.807) is 6.08 Å². The zero-order valence-corrected chi connectivity index (χ0v) is 34.9. The molecule has 326 valence electrons. The fourth-order valence-electron chi connectivity index (χ4n) is 6.36. The number of amides is 1. The molecule has 0 bridgehead atoms. The molecule has 1 rings (SSSR count). The molecule has 8 unspecified atom stereocenters. The van der Waals surface area contributed by atoms with E-state index in [9.17, 15) is 50.0 Å². The monoisotopic (exact) mass is 818 g/mol. The van der Waals surface area contributed by atoms with Gasteiger partial charge in [-0.1, -0.05) is 133 Å². The predicted molar refractivity (Wildman–Crippen MR) is 219 cm³/mol. The number of nitrogens with one attached hydrogen (secondary N) is 1. The molecule has 8 atom stereocenters. The third-order valence-corrected chi connectivity index (χ3v) is 10.9. The fraction of sp³-hybridized carbons (Fsp3) is 0.786. The molecule has 0 aromatic rings. The molecule has 0 aromatic heterocycles. The van der Waals surface area contributed by atoms with Crippen LogP contribution in [0.25, 0.3) is 0 Å². The maximum atomic E-state index is 12.9. The van der Waals surface area contributed by atoms with E-state index in [-0.39, 0.29) is 6.42 Å². The molecule has 0 spiro atoms. The van der Waals surface area contributed by atoms with E-state index in [1.165, 1.54) is 57.4 Å². The van der Waals surface area contributed by atoms with Crippen LogP contribution in [-0.2, 0) is 18.4 Å². The first kappa shape index (κ1) is 52.3. The molecule has 13 nitrogen and oxygen atoms in total. The molecule has 1 aliphatic rings. The number of aliphatic hydroxyl groups excluding tert-OH is 7. The molecule has 0 saturated heterocycles. The van der Waals surface area contributed by atoms with Crippen LogP contribution in [0.3, 0.4) is 0 Å². The largest absolute Gasteiger partial charge is 0.472 e. The highest BCUT2D eigenvalue weighted by atomic mass is 31.2. The molecule has 0 heterocycles. The standard InChI is InChI=1S/C42H76NO12P/c1-3-5-7-9-11-13-14-15-16-17-18-19-20-22-23-25-27-29-33(44)31-36(46)43-34(35(45)30-28-26-24-21-12-10-8-6-4-2)32-54-56(52,53)55-42-40(50)38(48)37(47)39(49)41(42)51/h11-15,21,28,30,33-35,37-42,44-45,47-51H,3-10,16-20,22-27,29,31-32H2,1-2H3,(H,43,46)(H,52,53)/b13-11-,15-14-,21-12+,30-28+. The van der Waals surface area contributed by atoms with Gasteiger partial charge in [-0.05, 0) is 57.8 Å². The second-order valence-corrected chi connectivity index (χ2v) is 16.4. The lowest BCUT2D eigenvalue weighted by atomic mass is 9.85. The van der Waals surface area contributed by atoms with Gasteiger partial charge >= 0.3 is 7.82 Å². The summed E-state index contributed by atoms with van der Waals surface area (Å²) in [6, 6.07) is -1.26. The van der Waals surface area contributed by atoms with Crippen molar-refractivity contribution < 1.29 is 59.0 Å². The van der Waals surface area contributed by atoms with Crippen molar-refractivity contribution in [3.05, 3.63) is 48.6 Å². The highest BCUT2D eigenvalue weighted by Gasteiger charge is 2.51. The van der Waals surface area contributed by atoms with Crippen molar-refractivity contribution in [2.45, 2.75) is 204 Å². The Morgan fingerprint density at radius 3 is 1.68 bits per heavy atom. The van der Waals surface area contributed by atoms with Crippen molar-refractivity contribution in [3.8, 4) is 0 Å². The lowest BCUT2D eigenvalue weighted by molar-refractivity contribution is -0.220. The molecular formula is C42H76NO12P. The topological polar surface area (TPSA) is 226 Å². The van der Waals surface area contributed by atoms with Crippen LogP contribution in [0.2, 0.25) is 0 Å². The third kappa shape index (κ3) is 24.2. The third-order valence-electron chi connectivity index (χ3n) is 9.91. The van der Waals surface area contributed by atoms with E-state index >= 15 is 0 Å². The maximum absolute atomic E-state index is 12.9. The Bertz CT molecular complexity index is 1150. The van der Waals surface area contributed by atoms with E-state index in [1.807, 2.05) is 6.08 Å². The van der Waals surface area contributed by atoms with Gasteiger partial charge in [0.05, 0.1) is 31.3 Å². The summed E-state index contributed by atoms with van der Waals surface area (Å²) in [5, 5.41) is 74.1. The molecule has 0 radical (unpaired) electrons. The summed E-state index contributed by atoms with van der Waals surface area (Å²) in [4.78, 5) is 23.3. The van der Waals surface area contributed by atoms with Gasteiger partial charge in [-0.15, -0.1) is 0 Å². The van der Waals surface area contributed by atoms with Crippen LogP contribution < -0.4 is 5.32 Å². The molecule has 1 aliphatic carbocycles. The number of carbonyl (C=O) groups excluding carboxylic acids is 1. The summed E-state index contributed by atoms with van der Waals surface area (Å²) in [5.41, 5.74) is 0. The van der Waals surface area contributed by atoms with Crippen molar-refractivity contribution in [1.29, 1.82) is 0 Å². The number of hydrogen-bond donors (Lipinski definition) is 9. The molecule has 1 amide bonds. The van der Waals surface area contributed by atoms with Gasteiger partial charge in [0, 0.05) is 0 Å². The smallest absolute Gasteiger partial charge is 0.393 e. The molecule has 56 heavy (non-hydrogen) atoms. The van der Waals surface area contributed by atoms with Gasteiger partial charge < -0.3 is 46.0 Å². The van der Waals surface area contributed by atoms with Crippen molar-refractivity contribution in [2.24, 2.45) is 0 Å². The fourth-order valence-corrected chi connectivity index (χ4v) is 7.33. The first-order valence-corrected chi connectivity index (χ1v) is 22.7. The van der Waals surface area contributed by atoms with Crippen molar-refractivity contribution in [1.82, 2.24) is 5.32 Å². The van der Waals surface area contributed by atoms with Crippen LogP contribution in [0, 0.1) is 0 Å². The normalized spacial score (nSPS) is 24.7. The number of unbranched alkanes of at least 4 members (excludes halogenated alkanes) is 15. The van der Waals surface area contributed by atoms with Crippen LogP contribution in [0.4, 0.5) is 0 Å². The number of aliphatic hydroxyl groups is 7. The Labute approximate surface area is 336 Å². The minimum absolute atomic E-state index is 0.259. The van der Waals surface area contributed by atoms with Crippen LogP contribution >= 0.6 is 7.82 Å².